The van der Waals surface area contributed by atoms with Crippen molar-refractivity contribution in [2.75, 3.05) is 5.75 Å². The van der Waals surface area contributed by atoms with Gasteiger partial charge in [0.05, 0.1) is 33.9 Å². The average Bonchev–Trinajstić information content (AvgIpc) is 3.71. The number of fused-ring (bicyclic) bond motifs is 1. The molecule has 12 heteroatoms. The van der Waals surface area contributed by atoms with Gasteiger partial charge in [-0.25, -0.2) is 13.4 Å². The lowest BCUT2D eigenvalue weighted by atomic mass is 9.99. The van der Waals surface area contributed by atoms with E-state index in [1.54, 1.807) is 47.4 Å². The summed E-state index contributed by atoms with van der Waals surface area (Å²) in [5, 5.41) is 12.6. The lowest BCUT2D eigenvalue weighted by molar-refractivity contribution is -0.245. The van der Waals surface area contributed by atoms with Crippen LogP contribution in [0.3, 0.4) is 0 Å². The Morgan fingerprint density at radius 1 is 0.800 bits per heavy atom. The van der Waals surface area contributed by atoms with Crippen molar-refractivity contribution in [3.8, 4) is 11.1 Å². The second-order valence-corrected chi connectivity index (χ2v) is 18.8. The highest BCUT2D eigenvalue weighted by Gasteiger charge is 2.33. The minimum atomic E-state index is -3.96. The number of sulfonamides is 1. The Morgan fingerprint density at radius 2 is 1.52 bits per heavy atom. The third-order valence-electron chi connectivity index (χ3n) is 10.4. The molecular weight excluding hydrogens is 811 g/mol. The van der Waals surface area contributed by atoms with Gasteiger partial charge in [-0.3, -0.25) is 4.79 Å². The first-order valence-electron chi connectivity index (χ1n) is 19.8. The fraction of sp³-hybridized carbons (Fsp3) is 0.208. The van der Waals surface area contributed by atoms with Crippen LogP contribution < -0.4 is 10.0 Å². The number of amides is 1. The molecule has 0 aliphatic carbocycles. The summed E-state index contributed by atoms with van der Waals surface area (Å²) in [5.41, 5.74) is 8.37. The van der Waals surface area contributed by atoms with E-state index in [0.717, 1.165) is 64.8 Å². The number of aliphatic hydroxyl groups excluding tert-OH is 1. The van der Waals surface area contributed by atoms with E-state index >= 15 is 0 Å². The Kier molecular flexibility index (Phi) is 13.2. The van der Waals surface area contributed by atoms with E-state index in [2.05, 4.69) is 16.1 Å². The maximum atomic E-state index is 13.7. The van der Waals surface area contributed by atoms with Crippen molar-refractivity contribution >= 4 is 49.2 Å². The zero-order valence-electron chi connectivity index (χ0n) is 32.9. The molecule has 60 heavy (non-hydrogen) atoms. The molecule has 1 aromatic heterocycles. The molecule has 2 heterocycles. The van der Waals surface area contributed by atoms with Gasteiger partial charge in [0.1, 0.15) is 6.04 Å². The van der Waals surface area contributed by atoms with Gasteiger partial charge in [-0.2, -0.15) is 4.72 Å². The maximum Gasteiger partial charge on any atom is 0.241 e. The Balaban J connectivity index is 0.949. The molecule has 4 atom stereocenters. The molecule has 306 valence electrons. The van der Waals surface area contributed by atoms with Crippen LogP contribution in [0.2, 0.25) is 0 Å². The highest BCUT2D eigenvalue weighted by molar-refractivity contribution is 8.01. The quantitative estimate of drug-likeness (QED) is 0.0872. The minimum absolute atomic E-state index is 0.0169. The van der Waals surface area contributed by atoms with Crippen molar-refractivity contribution in [3.05, 3.63) is 185 Å². The summed E-state index contributed by atoms with van der Waals surface area (Å²) in [7, 11) is -3.96. The molecule has 1 saturated heterocycles. The second kappa shape index (κ2) is 19.0. The van der Waals surface area contributed by atoms with Gasteiger partial charge in [-0.15, -0.1) is 11.3 Å². The van der Waals surface area contributed by atoms with Crippen molar-refractivity contribution < 1.29 is 27.8 Å². The van der Waals surface area contributed by atoms with Crippen LogP contribution in [0.15, 0.2) is 161 Å². The largest absolute Gasteiger partial charge is 0.392 e. The SMILES string of the molecule is Cc1ccc(S(=O)(=O)N[C@H](Cc2ccccc2)C(=O)NCc2cccc(-c3ccc([C@H]4O[C@@H](CSc5nc6ccccc6s5)C[C@@H](c5ccc(CO)cc5)O4)cc3)c2)cc1. The van der Waals surface area contributed by atoms with Gasteiger partial charge in [0.25, 0.3) is 0 Å². The standard InChI is InChI=1S/C48H45N3O6S3/c1-32-14-24-41(25-15-32)60(54,55)51-43(27-33-8-3-2-4-9-33)46(53)49-29-35-10-7-11-39(26-35)36-20-22-38(23-21-36)47-56-40(28-44(57-47)37-18-16-34(30-52)17-19-37)31-58-48-50-42-12-5-6-13-45(42)59-48/h2-26,40,43-44,47,51-52H,27-31H2,1H3,(H,49,53)/t40-,43-,44+,47+/m1/s1. The number of aromatic nitrogens is 1. The Labute approximate surface area is 358 Å². The number of thioether (sulfide) groups is 1. The molecule has 0 radical (unpaired) electrons. The summed E-state index contributed by atoms with van der Waals surface area (Å²) in [6.07, 6.45) is -0.0165. The Bertz CT molecular complexity index is 2600. The molecule has 0 bridgehead atoms. The van der Waals surface area contributed by atoms with Crippen LogP contribution >= 0.6 is 23.1 Å². The molecule has 0 spiro atoms. The topological polar surface area (TPSA) is 127 Å². The van der Waals surface area contributed by atoms with Crippen LogP contribution in [0.1, 0.15) is 52.2 Å². The molecule has 1 aliphatic heterocycles. The number of benzene rings is 6. The van der Waals surface area contributed by atoms with Gasteiger partial charge in [-0.1, -0.05) is 139 Å². The molecular formula is C48H45N3O6S3. The van der Waals surface area contributed by atoms with Gasteiger partial charge >= 0.3 is 0 Å². The van der Waals surface area contributed by atoms with E-state index in [-0.39, 0.29) is 36.7 Å². The highest BCUT2D eigenvalue weighted by Crippen LogP contribution is 2.40. The summed E-state index contributed by atoms with van der Waals surface area (Å²) in [6, 6.07) is 47.0. The van der Waals surface area contributed by atoms with Gasteiger partial charge < -0.3 is 19.9 Å². The first kappa shape index (κ1) is 41.5. The molecule has 6 aromatic carbocycles. The number of aliphatic hydroxyl groups is 1. The van der Waals surface area contributed by atoms with Gasteiger partial charge in [0, 0.05) is 24.3 Å². The van der Waals surface area contributed by atoms with Crippen molar-refractivity contribution in [2.45, 2.75) is 66.7 Å². The fourth-order valence-corrected chi connectivity index (χ4v) is 10.4. The number of carbonyl (C=O) groups is 1. The van der Waals surface area contributed by atoms with Crippen LogP contribution in [-0.4, -0.2) is 42.3 Å². The summed E-state index contributed by atoms with van der Waals surface area (Å²) in [4.78, 5) is 18.6. The molecule has 1 fully saturated rings. The molecule has 0 unspecified atom stereocenters. The number of nitrogens with one attached hydrogen (secondary N) is 2. The fourth-order valence-electron chi connectivity index (χ4n) is 7.12. The lowest BCUT2D eigenvalue weighted by Gasteiger charge is -2.36. The smallest absolute Gasteiger partial charge is 0.241 e. The number of carbonyl (C=O) groups excluding carboxylic acids is 1. The molecule has 1 amide bonds. The third kappa shape index (κ3) is 10.4. The van der Waals surface area contributed by atoms with Crippen molar-refractivity contribution in [2.24, 2.45) is 0 Å². The van der Waals surface area contributed by atoms with E-state index < -0.39 is 28.3 Å². The van der Waals surface area contributed by atoms with E-state index in [9.17, 15) is 18.3 Å². The van der Waals surface area contributed by atoms with Crippen LogP contribution in [0.5, 0.6) is 0 Å². The Hall–Kier alpha value is -5.18. The number of hydrogen-bond donors (Lipinski definition) is 3. The zero-order chi connectivity index (χ0) is 41.5. The zero-order valence-corrected chi connectivity index (χ0v) is 35.4. The Morgan fingerprint density at radius 3 is 2.27 bits per heavy atom. The molecule has 7 aromatic rings. The molecule has 8 rings (SSSR count). The van der Waals surface area contributed by atoms with Crippen LogP contribution in [0.25, 0.3) is 21.3 Å². The van der Waals surface area contributed by atoms with Crippen molar-refractivity contribution in [1.82, 2.24) is 15.0 Å². The predicted molar refractivity (Wildman–Crippen MR) is 238 cm³/mol. The monoisotopic (exact) mass is 855 g/mol. The number of rotatable bonds is 15. The number of thiazole rings is 1. The summed E-state index contributed by atoms with van der Waals surface area (Å²) >= 11 is 3.39. The molecule has 3 N–H and O–H groups in total. The van der Waals surface area contributed by atoms with E-state index in [1.807, 2.05) is 128 Å². The van der Waals surface area contributed by atoms with Crippen molar-refractivity contribution in [3.63, 3.8) is 0 Å². The number of aryl methyl sites for hydroxylation is 1. The minimum Gasteiger partial charge on any atom is -0.392 e. The van der Waals surface area contributed by atoms with E-state index in [0.29, 0.717) is 6.42 Å². The number of hydrogen-bond acceptors (Lipinski definition) is 9. The average molecular weight is 856 g/mol. The van der Waals surface area contributed by atoms with E-state index in [1.165, 1.54) is 0 Å². The van der Waals surface area contributed by atoms with Gasteiger partial charge in [0.15, 0.2) is 10.6 Å². The van der Waals surface area contributed by atoms with Crippen LogP contribution in [-0.2, 0) is 43.9 Å². The maximum absolute atomic E-state index is 13.7. The highest BCUT2D eigenvalue weighted by atomic mass is 32.2. The summed E-state index contributed by atoms with van der Waals surface area (Å²) < 4.78 is 44.8. The number of para-hydroxylation sites is 1. The van der Waals surface area contributed by atoms with Gasteiger partial charge in [-0.05, 0) is 77.1 Å². The molecule has 9 nitrogen and oxygen atoms in total. The van der Waals surface area contributed by atoms with Crippen LogP contribution in [0.4, 0.5) is 0 Å². The van der Waals surface area contributed by atoms with Crippen molar-refractivity contribution in [1.29, 1.82) is 0 Å². The number of ether oxygens (including phenoxy) is 2. The predicted octanol–water partition coefficient (Wildman–Crippen LogP) is 9.31. The second-order valence-electron chi connectivity index (χ2n) is 14.8. The van der Waals surface area contributed by atoms with Gasteiger partial charge in [0.2, 0.25) is 15.9 Å². The van der Waals surface area contributed by atoms with E-state index in [4.69, 9.17) is 14.5 Å². The molecule has 1 aliphatic rings. The first-order chi connectivity index (χ1) is 29.2. The summed E-state index contributed by atoms with van der Waals surface area (Å²) in [6.45, 7) is 2.08. The molecule has 0 saturated carbocycles. The van der Waals surface area contributed by atoms with Crippen LogP contribution in [0, 0.1) is 6.92 Å². The lowest BCUT2D eigenvalue weighted by Crippen LogP contribution is -2.47. The summed E-state index contributed by atoms with van der Waals surface area (Å²) in [5.74, 6) is 0.300. The normalized spacial score (nSPS) is 17.3. The number of nitrogens with zero attached hydrogens (tertiary/aromatic N) is 1. The first-order valence-corrected chi connectivity index (χ1v) is 23.1. The third-order valence-corrected chi connectivity index (χ3v) is 14.2.